The first-order valence-electron chi connectivity index (χ1n) is 9.91. The molecule has 0 saturated carbocycles. The molecular formula is C24H17FN4O2. The van der Waals surface area contributed by atoms with Crippen LogP contribution < -0.4 is 5.01 Å². The summed E-state index contributed by atoms with van der Waals surface area (Å²) in [6.45, 7) is 0. The zero-order valence-corrected chi connectivity index (χ0v) is 16.4. The summed E-state index contributed by atoms with van der Waals surface area (Å²) in [5.74, 6) is -1.19. The molecule has 2 aromatic carbocycles. The highest BCUT2D eigenvalue weighted by molar-refractivity contribution is 6.07. The number of pyridine rings is 1. The Kier molecular flexibility index (Phi) is 4.48. The molecule has 3 aromatic rings. The summed E-state index contributed by atoms with van der Waals surface area (Å²) in [5, 5.41) is 25.2. The molecule has 2 unspecified atom stereocenters. The van der Waals surface area contributed by atoms with Gasteiger partial charge >= 0.3 is 5.97 Å². The third-order valence-electron chi connectivity index (χ3n) is 5.90. The van der Waals surface area contributed by atoms with Gasteiger partial charge in [-0.3, -0.25) is 5.01 Å². The van der Waals surface area contributed by atoms with Gasteiger partial charge in [0.25, 0.3) is 0 Å². The van der Waals surface area contributed by atoms with Crippen molar-refractivity contribution in [3.05, 3.63) is 94.6 Å². The van der Waals surface area contributed by atoms with Crippen molar-refractivity contribution in [3.8, 4) is 6.07 Å². The molecule has 1 aliphatic carbocycles. The van der Waals surface area contributed by atoms with Crippen LogP contribution in [0.2, 0.25) is 0 Å². The lowest BCUT2D eigenvalue weighted by atomic mass is 9.77. The molecule has 6 nitrogen and oxygen atoms in total. The maximum Gasteiger partial charge on any atom is 0.335 e. The second-order valence-corrected chi connectivity index (χ2v) is 7.66. The van der Waals surface area contributed by atoms with Crippen molar-refractivity contribution in [2.24, 2.45) is 11.0 Å². The van der Waals surface area contributed by atoms with Crippen LogP contribution in [0.15, 0.2) is 65.9 Å². The van der Waals surface area contributed by atoms with Crippen LogP contribution >= 0.6 is 0 Å². The second-order valence-electron chi connectivity index (χ2n) is 7.66. The largest absolute Gasteiger partial charge is 0.478 e. The van der Waals surface area contributed by atoms with Crippen molar-refractivity contribution in [1.29, 1.82) is 5.26 Å². The zero-order chi connectivity index (χ0) is 21.5. The van der Waals surface area contributed by atoms with Crippen LogP contribution in [0.4, 0.5) is 10.1 Å². The number of carboxylic acids is 1. The van der Waals surface area contributed by atoms with E-state index in [0.717, 1.165) is 40.9 Å². The van der Waals surface area contributed by atoms with E-state index in [1.54, 1.807) is 42.6 Å². The summed E-state index contributed by atoms with van der Waals surface area (Å²) < 4.78 is 13.6. The highest BCUT2D eigenvalue weighted by atomic mass is 19.1. The van der Waals surface area contributed by atoms with E-state index >= 15 is 0 Å². The number of hydrogen-bond acceptors (Lipinski definition) is 5. The van der Waals surface area contributed by atoms with Gasteiger partial charge in [-0.15, -0.1) is 0 Å². The van der Waals surface area contributed by atoms with Crippen LogP contribution in [0.25, 0.3) is 0 Å². The van der Waals surface area contributed by atoms with E-state index < -0.39 is 5.97 Å². The molecular weight excluding hydrogens is 395 g/mol. The average Bonchev–Trinajstić information content (AvgIpc) is 3.19. The van der Waals surface area contributed by atoms with Gasteiger partial charge in [0.1, 0.15) is 17.6 Å². The highest BCUT2D eigenvalue weighted by Crippen LogP contribution is 2.45. The van der Waals surface area contributed by atoms with Gasteiger partial charge in [0.2, 0.25) is 0 Å². The van der Waals surface area contributed by atoms with Gasteiger partial charge in [0.15, 0.2) is 0 Å². The number of fused-ring (bicyclic) bond motifs is 3. The Hall–Kier alpha value is -4.05. The second kappa shape index (κ2) is 7.33. The molecule has 7 heteroatoms. The van der Waals surface area contributed by atoms with Gasteiger partial charge in [0.05, 0.1) is 29.2 Å². The van der Waals surface area contributed by atoms with Crippen LogP contribution in [0.5, 0.6) is 0 Å². The Labute approximate surface area is 177 Å². The standard InChI is InChI=1S/C24H17FN4O2/c25-17-5-1-14(2-6-17)23-21-10-3-15-11-16(24(30)31)4-9-20(15)22(21)28-29(23)19-8-7-18(12-26)27-13-19/h1-2,4-9,11,13,21,23H,3,10H2,(H,30,31). The smallest absolute Gasteiger partial charge is 0.335 e. The Morgan fingerprint density at radius 2 is 1.97 bits per heavy atom. The molecule has 1 aliphatic heterocycles. The summed E-state index contributed by atoms with van der Waals surface area (Å²) in [6, 6.07) is 16.9. The van der Waals surface area contributed by atoms with Crippen molar-refractivity contribution < 1.29 is 14.3 Å². The normalized spacial score (nSPS) is 19.2. The van der Waals surface area contributed by atoms with Gasteiger partial charge in [-0.25, -0.2) is 14.2 Å². The number of rotatable bonds is 3. The quantitative estimate of drug-likeness (QED) is 0.692. The molecule has 0 radical (unpaired) electrons. The van der Waals surface area contributed by atoms with Crippen LogP contribution in [0.3, 0.4) is 0 Å². The number of benzene rings is 2. The van der Waals surface area contributed by atoms with E-state index in [0.29, 0.717) is 5.69 Å². The lowest BCUT2D eigenvalue weighted by Crippen LogP contribution is -2.29. The first-order chi connectivity index (χ1) is 15.0. The van der Waals surface area contributed by atoms with Crippen molar-refractivity contribution in [2.45, 2.75) is 18.9 Å². The van der Waals surface area contributed by atoms with E-state index in [-0.39, 0.29) is 23.3 Å². The van der Waals surface area contributed by atoms with Crippen LogP contribution in [-0.2, 0) is 6.42 Å². The summed E-state index contributed by atoms with van der Waals surface area (Å²) in [5.41, 5.74) is 5.04. The summed E-state index contributed by atoms with van der Waals surface area (Å²) >= 11 is 0. The van der Waals surface area contributed by atoms with Crippen molar-refractivity contribution in [1.82, 2.24) is 4.98 Å². The number of aromatic nitrogens is 1. The minimum Gasteiger partial charge on any atom is -0.478 e. The van der Waals surface area contributed by atoms with E-state index in [9.17, 15) is 14.3 Å². The molecule has 0 spiro atoms. The Morgan fingerprint density at radius 1 is 1.16 bits per heavy atom. The van der Waals surface area contributed by atoms with E-state index in [4.69, 9.17) is 10.4 Å². The predicted molar refractivity (Wildman–Crippen MR) is 112 cm³/mol. The molecule has 2 aliphatic rings. The number of aromatic carboxylic acids is 1. The molecule has 0 fully saturated rings. The minimum absolute atomic E-state index is 0.0595. The third kappa shape index (κ3) is 3.22. The SMILES string of the molecule is N#Cc1ccc(N2N=C3c4ccc(C(=O)O)cc4CCC3C2c2ccc(F)cc2)cn1. The molecule has 1 N–H and O–H groups in total. The number of nitriles is 1. The molecule has 152 valence electrons. The first-order valence-corrected chi connectivity index (χ1v) is 9.91. The first kappa shape index (κ1) is 18.9. The number of hydrazone groups is 1. The van der Waals surface area contributed by atoms with Gasteiger partial charge < -0.3 is 5.11 Å². The van der Waals surface area contributed by atoms with Crippen molar-refractivity contribution >= 4 is 17.4 Å². The van der Waals surface area contributed by atoms with Crippen molar-refractivity contribution in [3.63, 3.8) is 0 Å². The van der Waals surface area contributed by atoms with Gasteiger partial charge in [-0.2, -0.15) is 10.4 Å². The number of aryl methyl sites for hydroxylation is 1. The number of nitrogens with zero attached hydrogens (tertiary/aromatic N) is 4. The maximum atomic E-state index is 13.6. The monoisotopic (exact) mass is 412 g/mol. The van der Waals surface area contributed by atoms with Crippen LogP contribution in [0, 0.1) is 23.1 Å². The number of halogens is 1. The fourth-order valence-corrected chi connectivity index (χ4v) is 4.45. The number of carbonyl (C=O) groups is 1. The van der Waals surface area contributed by atoms with E-state index in [1.165, 1.54) is 12.1 Å². The molecule has 0 saturated heterocycles. The third-order valence-corrected chi connectivity index (χ3v) is 5.90. The summed E-state index contributed by atoms with van der Waals surface area (Å²) in [4.78, 5) is 15.5. The molecule has 5 rings (SSSR count). The van der Waals surface area contributed by atoms with Crippen LogP contribution in [-0.4, -0.2) is 21.8 Å². The Bertz CT molecular complexity index is 1250. The predicted octanol–water partition coefficient (Wildman–Crippen LogP) is 4.32. The molecule has 31 heavy (non-hydrogen) atoms. The molecule has 1 aromatic heterocycles. The van der Waals surface area contributed by atoms with Gasteiger partial charge in [-0.05, 0) is 60.4 Å². The lowest BCUT2D eigenvalue weighted by Gasteiger charge is -2.30. The lowest BCUT2D eigenvalue weighted by molar-refractivity contribution is 0.0696. The number of anilines is 1. The fraction of sp³-hybridized carbons (Fsp3) is 0.167. The average molecular weight is 412 g/mol. The van der Waals surface area contributed by atoms with E-state index in [2.05, 4.69) is 4.98 Å². The summed E-state index contributed by atoms with van der Waals surface area (Å²) in [7, 11) is 0. The molecule has 0 bridgehead atoms. The van der Waals surface area contributed by atoms with Crippen LogP contribution in [0.1, 0.15) is 45.2 Å². The van der Waals surface area contributed by atoms with Crippen molar-refractivity contribution in [2.75, 3.05) is 5.01 Å². The number of hydrogen-bond donors (Lipinski definition) is 1. The topological polar surface area (TPSA) is 89.6 Å². The Balaban J connectivity index is 1.62. The van der Waals surface area contributed by atoms with Gasteiger partial charge in [-0.1, -0.05) is 18.2 Å². The molecule has 0 amide bonds. The van der Waals surface area contributed by atoms with E-state index in [1.807, 2.05) is 17.1 Å². The summed E-state index contributed by atoms with van der Waals surface area (Å²) in [6.07, 6.45) is 3.14. The minimum atomic E-state index is -0.951. The highest BCUT2D eigenvalue weighted by Gasteiger charge is 2.42. The van der Waals surface area contributed by atoms with Gasteiger partial charge in [0, 0.05) is 11.5 Å². The number of carboxylic acid groups (broad SMARTS) is 1. The Morgan fingerprint density at radius 3 is 2.65 bits per heavy atom. The fourth-order valence-electron chi connectivity index (χ4n) is 4.45. The zero-order valence-electron chi connectivity index (χ0n) is 16.4. The maximum absolute atomic E-state index is 13.6. The molecule has 2 atom stereocenters. The molecule has 2 heterocycles.